The van der Waals surface area contributed by atoms with Crippen LogP contribution in [-0.4, -0.2) is 40.0 Å². The van der Waals surface area contributed by atoms with Gasteiger partial charge in [0.2, 0.25) is 5.88 Å². The van der Waals surface area contributed by atoms with Crippen LogP contribution in [0.15, 0.2) is 17.3 Å². The molecule has 2 unspecified atom stereocenters. The van der Waals surface area contributed by atoms with Gasteiger partial charge in [-0.1, -0.05) is 13.8 Å². The summed E-state index contributed by atoms with van der Waals surface area (Å²) in [5.41, 5.74) is 4.83. The molecular formula is C26H35N7O3. The van der Waals surface area contributed by atoms with Gasteiger partial charge in [0.15, 0.2) is 6.19 Å². The van der Waals surface area contributed by atoms with E-state index >= 15 is 0 Å². The van der Waals surface area contributed by atoms with Crippen molar-refractivity contribution in [2.45, 2.75) is 71.4 Å². The third kappa shape index (κ3) is 5.33. The second kappa shape index (κ2) is 9.85. The molecule has 10 heteroatoms. The molecule has 1 amide bonds. The van der Waals surface area contributed by atoms with Gasteiger partial charge in [-0.3, -0.25) is 10.3 Å². The number of hydrogen-bond acceptors (Lipinski definition) is 7. The van der Waals surface area contributed by atoms with Gasteiger partial charge in [-0.25, -0.2) is 9.48 Å². The molecule has 2 atom stereocenters. The summed E-state index contributed by atoms with van der Waals surface area (Å²) in [6.45, 7) is 8.19. The molecule has 4 bridgehead atoms. The maximum atomic E-state index is 11.6. The number of nitrogens with two attached hydrogens (primary N) is 1. The zero-order valence-electron chi connectivity index (χ0n) is 21.4. The summed E-state index contributed by atoms with van der Waals surface area (Å²) < 4.78 is 13.3. The molecule has 4 saturated carbocycles. The maximum absolute atomic E-state index is 11.6. The normalized spacial score (nSPS) is 29.2. The zero-order chi connectivity index (χ0) is 26.1. The summed E-state index contributed by atoms with van der Waals surface area (Å²) in [6.07, 6.45) is 10.8. The number of aromatic nitrogens is 2. The van der Waals surface area contributed by atoms with Crippen LogP contribution < -0.4 is 15.8 Å². The fourth-order valence-corrected chi connectivity index (χ4v) is 6.15. The van der Waals surface area contributed by atoms with Crippen LogP contribution in [0.1, 0.15) is 65.4 Å². The van der Waals surface area contributed by atoms with Gasteiger partial charge in [-0.2, -0.15) is 15.6 Å². The highest BCUT2D eigenvalue weighted by atomic mass is 16.6. The quantitative estimate of drug-likeness (QED) is 0.242. The molecule has 0 saturated heterocycles. The number of allylic oxidation sites excluding steroid dienone is 1. The van der Waals surface area contributed by atoms with Crippen molar-refractivity contribution in [3.63, 3.8) is 0 Å². The van der Waals surface area contributed by atoms with Gasteiger partial charge in [-0.15, -0.1) is 0 Å². The molecule has 3 N–H and O–H groups in total. The summed E-state index contributed by atoms with van der Waals surface area (Å²) in [4.78, 5) is 16.6. The Kier molecular flexibility index (Phi) is 6.99. The van der Waals surface area contributed by atoms with E-state index in [2.05, 4.69) is 30.3 Å². The molecule has 10 nitrogen and oxygen atoms in total. The Bertz CT molecular complexity index is 1120. The van der Waals surface area contributed by atoms with Gasteiger partial charge in [0.1, 0.15) is 11.4 Å². The number of nitriles is 2. The highest BCUT2D eigenvalue weighted by Crippen LogP contribution is 2.58. The summed E-state index contributed by atoms with van der Waals surface area (Å²) >= 11 is 0. The Morgan fingerprint density at radius 1 is 1.36 bits per heavy atom. The van der Waals surface area contributed by atoms with E-state index < -0.39 is 17.1 Å². The van der Waals surface area contributed by atoms with E-state index in [-0.39, 0.29) is 23.8 Å². The van der Waals surface area contributed by atoms with Crippen molar-refractivity contribution in [3.05, 3.63) is 17.8 Å². The lowest BCUT2D eigenvalue weighted by Gasteiger charge is -2.57. The van der Waals surface area contributed by atoms with Crippen molar-refractivity contribution in [1.82, 2.24) is 15.1 Å². The van der Waals surface area contributed by atoms with E-state index in [1.807, 2.05) is 20.0 Å². The molecule has 192 valence electrons. The molecule has 4 fully saturated rings. The SMILES string of the molecule is CC(C)COc1c(C(=NC2C3CC4CC2CC(OC(N)=O)(C4)C3)NC#N)cnn1/C=C/C(C)(C)C#N. The van der Waals surface area contributed by atoms with Crippen LogP contribution in [0.25, 0.3) is 6.20 Å². The van der Waals surface area contributed by atoms with Gasteiger partial charge in [0, 0.05) is 6.20 Å². The molecular weight excluding hydrogens is 458 g/mol. The molecule has 36 heavy (non-hydrogen) atoms. The van der Waals surface area contributed by atoms with Crippen LogP contribution in [-0.2, 0) is 4.74 Å². The van der Waals surface area contributed by atoms with Crippen LogP contribution >= 0.6 is 0 Å². The van der Waals surface area contributed by atoms with Gasteiger partial charge < -0.3 is 15.2 Å². The van der Waals surface area contributed by atoms with Crippen LogP contribution in [0.2, 0.25) is 0 Å². The average Bonchev–Trinajstić information content (AvgIpc) is 3.19. The second-order valence-electron chi connectivity index (χ2n) is 11.4. The van der Waals surface area contributed by atoms with E-state index in [0.29, 0.717) is 29.8 Å². The third-order valence-corrected chi connectivity index (χ3v) is 7.42. The minimum Gasteiger partial charge on any atom is -0.477 e. The molecule has 4 aliphatic carbocycles. The first kappa shape index (κ1) is 25.6. The van der Waals surface area contributed by atoms with Crippen molar-refractivity contribution in [1.29, 1.82) is 10.5 Å². The minimum atomic E-state index is -0.712. The van der Waals surface area contributed by atoms with E-state index in [0.717, 1.165) is 32.1 Å². The zero-order valence-corrected chi connectivity index (χ0v) is 21.4. The number of aliphatic imine (C=N–C) groups is 1. The van der Waals surface area contributed by atoms with Crippen molar-refractivity contribution < 1.29 is 14.3 Å². The fourth-order valence-electron chi connectivity index (χ4n) is 6.15. The monoisotopic (exact) mass is 493 g/mol. The Hall–Kier alpha value is -3.53. The van der Waals surface area contributed by atoms with Gasteiger partial charge in [0.05, 0.1) is 35.9 Å². The predicted molar refractivity (Wildman–Crippen MR) is 133 cm³/mol. The molecule has 0 radical (unpaired) electrons. The Balaban J connectivity index is 1.67. The minimum absolute atomic E-state index is 0.00337. The highest BCUT2D eigenvalue weighted by Gasteiger charge is 2.57. The molecule has 4 aliphatic rings. The van der Waals surface area contributed by atoms with E-state index in [1.54, 1.807) is 23.2 Å². The molecule has 0 aromatic carbocycles. The van der Waals surface area contributed by atoms with Crippen molar-refractivity contribution >= 4 is 18.1 Å². The average molecular weight is 494 g/mol. The fraction of sp³-hybridized carbons (Fsp3) is 0.654. The van der Waals surface area contributed by atoms with Crippen LogP contribution in [0, 0.1) is 51.9 Å². The number of hydrogen-bond donors (Lipinski definition) is 2. The number of amidine groups is 1. The van der Waals surface area contributed by atoms with E-state index in [4.69, 9.17) is 20.2 Å². The number of ether oxygens (including phenoxy) is 2. The standard InChI is InChI=1S/C26H35N7O3/c1-16(2)13-35-23-20(12-31-33(23)6-5-25(3,4)14-27)22(30-15-28)32-21-18-7-17-8-19(21)11-26(9-17,10-18)36-24(29)34/h5-6,12,16-19,21H,7-11,13H2,1-4H3,(H2,29,34)(H,30,32)/b6-5+. The highest BCUT2D eigenvalue weighted by molar-refractivity contribution is 6.01. The number of carbonyl (C=O) groups excluding carboxylic acids is 1. The molecule has 0 spiro atoms. The summed E-state index contributed by atoms with van der Waals surface area (Å²) in [6, 6.07) is 2.24. The molecule has 1 aromatic rings. The molecule has 1 aromatic heterocycles. The Morgan fingerprint density at radius 3 is 2.64 bits per heavy atom. The first-order valence-electron chi connectivity index (χ1n) is 12.6. The summed E-state index contributed by atoms with van der Waals surface area (Å²) in [5, 5.41) is 26.1. The van der Waals surface area contributed by atoms with Crippen molar-refractivity contribution in [2.24, 2.45) is 39.8 Å². The van der Waals surface area contributed by atoms with Gasteiger partial charge in [-0.05, 0) is 75.7 Å². The van der Waals surface area contributed by atoms with E-state index in [1.165, 1.54) is 0 Å². The van der Waals surface area contributed by atoms with Gasteiger partial charge in [0.25, 0.3) is 0 Å². The predicted octanol–water partition coefficient (Wildman–Crippen LogP) is 3.80. The Labute approximate surface area is 212 Å². The van der Waals surface area contributed by atoms with Crippen LogP contribution in [0.3, 0.4) is 0 Å². The third-order valence-electron chi connectivity index (χ3n) is 7.42. The summed E-state index contributed by atoms with van der Waals surface area (Å²) in [5.74, 6) is 2.15. The first-order chi connectivity index (χ1) is 17.0. The van der Waals surface area contributed by atoms with Crippen molar-refractivity contribution in [3.8, 4) is 18.1 Å². The number of nitrogens with zero attached hydrogens (tertiary/aromatic N) is 5. The number of amides is 1. The van der Waals surface area contributed by atoms with Gasteiger partial charge >= 0.3 is 6.09 Å². The smallest absolute Gasteiger partial charge is 0.405 e. The topological polar surface area (TPSA) is 151 Å². The largest absolute Gasteiger partial charge is 0.477 e. The summed E-state index contributed by atoms with van der Waals surface area (Å²) in [7, 11) is 0. The lowest BCUT2D eigenvalue weighted by molar-refractivity contribution is -0.133. The number of primary amides is 1. The second-order valence-corrected chi connectivity index (χ2v) is 11.4. The number of carbonyl (C=O) groups is 1. The number of nitrogens with one attached hydrogen (secondary N) is 1. The maximum Gasteiger partial charge on any atom is 0.405 e. The lowest BCUT2D eigenvalue weighted by atomic mass is 9.52. The molecule has 1 heterocycles. The first-order valence-corrected chi connectivity index (χ1v) is 12.6. The van der Waals surface area contributed by atoms with Crippen molar-refractivity contribution in [2.75, 3.05) is 6.61 Å². The molecule has 0 aliphatic heterocycles. The van der Waals surface area contributed by atoms with E-state index in [9.17, 15) is 15.3 Å². The Morgan fingerprint density at radius 2 is 2.06 bits per heavy atom. The molecule has 5 rings (SSSR count). The van der Waals surface area contributed by atoms with Crippen LogP contribution in [0.4, 0.5) is 4.79 Å². The lowest BCUT2D eigenvalue weighted by Crippen LogP contribution is -2.58. The van der Waals surface area contributed by atoms with Crippen LogP contribution in [0.5, 0.6) is 5.88 Å². The number of rotatable bonds is 8.